The van der Waals surface area contributed by atoms with Crippen LogP contribution in [0.3, 0.4) is 0 Å². The van der Waals surface area contributed by atoms with E-state index in [-0.39, 0.29) is 12.3 Å². The lowest BCUT2D eigenvalue weighted by atomic mass is 10.0. The van der Waals surface area contributed by atoms with Gasteiger partial charge < -0.3 is 15.8 Å². The average molecular weight is 310 g/mol. The molecule has 3 rings (SSSR count). The number of nitrogens with one attached hydrogen (secondary N) is 1. The molecule has 0 bridgehead atoms. The Bertz CT molecular complexity index is 801. The molecular formula is C17H14N2O4. The van der Waals surface area contributed by atoms with Crippen LogP contribution in [0.15, 0.2) is 48.5 Å². The van der Waals surface area contributed by atoms with Gasteiger partial charge in [0.05, 0.1) is 12.0 Å². The van der Waals surface area contributed by atoms with Crippen molar-refractivity contribution in [2.75, 3.05) is 5.32 Å². The molecule has 0 radical (unpaired) electrons. The van der Waals surface area contributed by atoms with Crippen LogP contribution in [-0.2, 0) is 9.53 Å². The second-order valence-corrected chi connectivity index (χ2v) is 5.18. The summed E-state index contributed by atoms with van der Waals surface area (Å²) in [6.45, 7) is 0. The van der Waals surface area contributed by atoms with Gasteiger partial charge in [0.1, 0.15) is 6.10 Å². The summed E-state index contributed by atoms with van der Waals surface area (Å²) in [6, 6.07) is 13.3. The highest BCUT2D eigenvalue weighted by molar-refractivity contribution is 5.98. The maximum Gasteiger partial charge on any atom is 0.339 e. The molecule has 1 aliphatic heterocycles. The van der Waals surface area contributed by atoms with E-state index in [9.17, 15) is 14.4 Å². The van der Waals surface area contributed by atoms with Crippen LogP contribution < -0.4 is 11.1 Å². The number of primary amides is 1. The van der Waals surface area contributed by atoms with Crippen LogP contribution in [0.1, 0.15) is 38.8 Å². The van der Waals surface area contributed by atoms with Crippen molar-refractivity contribution in [3.8, 4) is 0 Å². The fraction of sp³-hybridized carbons (Fsp3) is 0.118. The number of fused-ring (bicyclic) bond motifs is 1. The van der Waals surface area contributed by atoms with E-state index in [0.29, 0.717) is 22.4 Å². The minimum atomic E-state index is -0.599. The molecule has 0 aliphatic carbocycles. The van der Waals surface area contributed by atoms with Gasteiger partial charge in [-0.25, -0.2) is 4.79 Å². The third-order valence-corrected chi connectivity index (χ3v) is 3.58. The molecule has 6 heteroatoms. The van der Waals surface area contributed by atoms with Crippen LogP contribution in [0.25, 0.3) is 0 Å². The zero-order valence-corrected chi connectivity index (χ0v) is 12.1. The second-order valence-electron chi connectivity index (χ2n) is 5.18. The molecule has 2 aromatic carbocycles. The Morgan fingerprint density at radius 2 is 1.91 bits per heavy atom. The number of esters is 1. The molecule has 2 aromatic rings. The lowest BCUT2D eigenvalue weighted by molar-refractivity contribution is -0.118. The first-order valence-corrected chi connectivity index (χ1v) is 7.04. The largest absolute Gasteiger partial charge is 0.453 e. The third-order valence-electron chi connectivity index (χ3n) is 3.58. The van der Waals surface area contributed by atoms with Crippen molar-refractivity contribution in [3.63, 3.8) is 0 Å². The third kappa shape index (κ3) is 3.06. The zero-order chi connectivity index (χ0) is 16.4. The Balaban J connectivity index is 1.70. The molecule has 0 fully saturated rings. The van der Waals surface area contributed by atoms with E-state index >= 15 is 0 Å². The quantitative estimate of drug-likeness (QED) is 0.844. The number of rotatable bonds is 4. The van der Waals surface area contributed by atoms with E-state index in [1.54, 1.807) is 42.5 Å². The topological polar surface area (TPSA) is 98.5 Å². The number of hydrogen-bond donors (Lipinski definition) is 2. The summed E-state index contributed by atoms with van der Waals surface area (Å²) in [5.74, 6) is -1.31. The number of carbonyl (C=O) groups is 3. The molecule has 0 saturated heterocycles. The van der Waals surface area contributed by atoms with Gasteiger partial charge in [-0.05, 0) is 24.3 Å². The van der Waals surface area contributed by atoms with Crippen molar-refractivity contribution in [1.82, 2.24) is 0 Å². The minimum absolute atomic E-state index is 0.00352. The maximum atomic E-state index is 12.1. The SMILES string of the molecule is NC(=O)c1cccc(NC(=O)C[C@H]2OC(=O)c3ccccc32)c1. The molecule has 2 amide bonds. The molecular weight excluding hydrogens is 296 g/mol. The van der Waals surface area contributed by atoms with Gasteiger partial charge in [-0.2, -0.15) is 0 Å². The van der Waals surface area contributed by atoms with Gasteiger partial charge >= 0.3 is 5.97 Å². The number of amides is 2. The summed E-state index contributed by atoms with van der Waals surface area (Å²) >= 11 is 0. The van der Waals surface area contributed by atoms with E-state index in [1.807, 2.05) is 0 Å². The summed E-state index contributed by atoms with van der Waals surface area (Å²) in [5.41, 5.74) is 7.17. The van der Waals surface area contributed by atoms with Crippen molar-refractivity contribution < 1.29 is 19.1 Å². The molecule has 1 heterocycles. The number of cyclic esters (lactones) is 1. The van der Waals surface area contributed by atoms with Crippen molar-refractivity contribution in [1.29, 1.82) is 0 Å². The Labute approximate surface area is 132 Å². The molecule has 0 saturated carbocycles. The number of hydrogen-bond acceptors (Lipinski definition) is 4. The number of carbonyl (C=O) groups excluding carboxylic acids is 3. The van der Waals surface area contributed by atoms with Crippen LogP contribution in [0, 0.1) is 0 Å². The summed E-state index contributed by atoms with van der Waals surface area (Å²) in [6.07, 6.45) is -0.596. The smallest absolute Gasteiger partial charge is 0.339 e. The average Bonchev–Trinajstić information content (AvgIpc) is 2.84. The monoisotopic (exact) mass is 310 g/mol. The number of ether oxygens (including phenoxy) is 1. The highest BCUT2D eigenvalue weighted by Gasteiger charge is 2.31. The lowest BCUT2D eigenvalue weighted by Crippen LogP contribution is -2.17. The Hall–Kier alpha value is -3.15. The lowest BCUT2D eigenvalue weighted by Gasteiger charge is -2.11. The first-order valence-electron chi connectivity index (χ1n) is 7.04. The molecule has 1 aliphatic rings. The normalized spacial score (nSPS) is 15.7. The van der Waals surface area contributed by atoms with Gasteiger partial charge in [-0.3, -0.25) is 9.59 Å². The summed E-state index contributed by atoms with van der Waals surface area (Å²) in [7, 11) is 0. The van der Waals surface area contributed by atoms with Crippen molar-refractivity contribution in [3.05, 3.63) is 65.2 Å². The molecule has 6 nitrogen and oxygen atoms in total. The van der Waals surface area contributed by atoms with Gasteiger partial charge in [-0.1, -0.05) is 24.3 Å². The van der Waals surface area contributed by atoms with Gasteiger partial charge in [0.25, 0.3) is 0 Å². The minimum Gasteiger partial charge on any atom is -0.453 e. The van der Waals surface area contributed by atoms with Crippen molar-refractivity contribution in [2.24, 2.45) is 5.73 Å². The van der Waals surface area contributed by atoms with Gasteiger partial charge in [0, 0.05) is 16.8 Å². The molecule has 3 N–H and O–H groups in total. The van der Waals surface area contributed by atoms with Crippen LogP contribution in [-0.4, -0.2) is 17.8 Å². The molecule has 116 valence electrons. The predicted octanol–water partition coefficient (Wildman–Crippen LogP) is 2.03. The van der Waals surface area contributed by atoms with E-state index in [0.717, 1.165) is 0 Å². The van der Waals surface area contributed by atoms with Crippen molar-refractivity contribution >= 4 is 23.5 Å². The molecule has 23 heavy (non-hydrogen) atoms. The first kappa shape index (κ1) is 14.8. The standard InChI is InChI=1S/C17H14N2O4/c18-16(21)10-4-3-5-11(8-10)19-15(20)9-14-12-6-1-2-7-13(12)17(22)23-14/h1-8,14H,9H2,(H2,18,21)(H,19,20)/t14-/m1/s1. The van der Waals surface area contributed by atoms with E-state index < -0.39 is 18.0 Å². The predicted molar refractivity (Wildman–Crippen MR) is 82.8 cm³/mol. The van der Waals surface area contributed by atoms with Crippen LogP contribution in [0.2, 0.25) is 0 Å². The van der Waals surface area contributed by atoms with E-state index in [1.165, 1.54) is 6.07 Å². The van der Waals surface area contributed by atoms with Gasteiger partial charge in [0.15, 0.2) is 0 Å². The van der Waals surface area contributed by atoms with E-state index in [2.05, 4.69) is 5.32 Å². The van der Waals surface area contributed by atoms with Crippen LogP contribution >= 0.6 is 0 Å². The van der Waals surface area contributed by atoms with Gasteiger partial charge in [0.2, 0.25) is 11.8 Å². The number of nitrogens with two attached hydrogens (primary N) is 1. The second kappa shape index (κ2) is 5.92. The summed E-state index contributed by atoms with van der Waals surface area (Å²) in [5, 5.41) is 2.67. The highest BCUT2D eigenvalue weighted by Crippen LogP contribution is 2.32. The van der Waals surface area contributed by atoms with Crippen LogP contribution in [0.4, 0.5) is 5.69 Å². The first-order chi connectivity index (χ1) is 11.0. The molecule has 0 unspecified atom stereocenters. The van der Waals surface area contributed by atoms with E-state index in [4.69, 9.17) is 10.5 Å². The zero-order valence-electron chi connectivity index (χ0n) is 12.1. The number of anilines is 1. The Morgan fingerprint density at radius 3 is 2.70 bits per heavy atom. The van der Waals surface area contributed by atoms with Crippen LogP contribution in [0.5, 0.6) is 0 Å². The van der Waals surface area contributed by atoms with Crippen molar-refractivity contribution in [2.45, 2.75) is 12.5 Å². The molecule has 1 atom stereocenters. The Morgan fingerprint density at radius 1 is 1.13 bits per heavy atom. The summed E-state index contributed by atoms with van der Waals surface area (Å²) < 4.78 is 5.23. The maximum absolute atomic E-state index is 12.1. The molecule has 0 spiro atoms. The highest BCUT2D eigenvalue weighted by atomic mass is 16.5. The number of benzene rings is 2. The summed E-state index contributed by atoms with van der Waals surface area (Å²) in [4.78, 5) is 35.0. The fourth-order valence-electron chi connectivity index (χ4n) is 2.50. The Kier molecular flexibility index (Phi) is 3.80. The van der Waals surface area contributed by atoms with Gasteiger partial charge in [-0.15, -0.1) is 0 Å². The fourth-order valence-corrected chi connectivity index (χ4v) is 2.50. The molecule has 0 aromatic heterocycles.